The van der Waals surface area contributed by atoms with Crippen molar-refractivity contribution in [1.29, 1.82) is 0 Å². The van der Waals surface area contributed by atoms with Crippen molar-refractivity contribution >= 4 is 5.91 Å². The van der Waals surface area contributed by atoms with Crippen LogP contribution in [0.25, 0.3) is 0 Å². The molecule has 0 spiro atoms. The molecule has 2 heterocycles. The minimum Gasteiger partial charge on any atom is -0.338 e. The summed E-state index contributed by atoms with van der Waals surface area (Å²) in [6.07, 6.45) is 5.43. The molecule has 19 heavy (non-hydrogen) atoms. The van der Waals surface area contributed by atoms with Gasteiger partial charge in [0.05, 0.1) is 6.04 Å². The van der Waals surface area contributed by atoms with Crippen molar-refractivity contribution in [3.8, 4) is 0 Å². The predicted octanol–water partition coefficient (Wildman–Crippen LogP) is 1.97. The van der Waals surface area contributed by atoms with E-state index in [0.29, 0.717) is 11.9 Å². The highest BCUT2D eigenvalue weighted by Crippen LogP contribution is 2.23. The molecule has 1 aromatic carbocycles. The highest BCUT2D eigenvalue weighted by Gasteiger charge is 2.33. The minimum atomic E-state index is 0.0800. The van der Waals surface area contributed by atoms with Crippen molar-refractivity contribution in [2.24, 2.45) is 0 Å². The van der Waals surface area contributed by atoms with Gasteiger partial charge in [-0.2, -0.15) is 0 Å². The van der Waals surface area contributed by atoms with E-state index < -0.39 is 0 Å². The van der Waals surface area contributed by atoms with E-state index in [-0.39, 0.29) is 6.04 Å². The zero-order valence-corrected chi connectivity index (χ0v) is 11.3. The molecule has 102 valence electrons. The van der Waals surface area contributed by atoms with E-state index in [4.69, 9.17) is 0 Å². The Morgan fingerprint density at radius 1 is 1.21 bits per heavy atom. The number of amides is 1. The summed E-state index contributed by atoms with van der Waals surface area (Å²) >= 11 is 0. The van der Waals surface area contributed by atoms with Gasteiger partial charge < -0.3 is 10.2 Å². The lowest BCUT2D eigenvalue weighted by molar-refractivity contribution is -0.133. The molecule has 3 rings (SSSR count). The number of nitrogens with zero attached hydrogens (tertiary/aromatic N) is 1. The Hall–Kier alpha value is -1.35. The first-order valence-corrected chi connectivity index (χ1v) is 7.42. The molecular formula is C16H22N2O. The Morgan fingerprint density at radius 2 is 2.05 bits per heavy atom. The molecule has 3 nitrogen and oxygen atoms in total. The van der Waals surface area contributed by atoms with Gasteiger partial charge in [-0.15, -0.1) is 0 Å². The summed E-state index contributed by atoms with van der Waals surface area (Å²) in [6.45, 7) is 1.93. The van der Waals surface area contributed by atoms with E-state index >= 15 is 0 Å². The molecular weight excluding hydrogens is 236 g/mol. The first-order chi connectivity index (χ1) is 9.34. The monoisotopic (exact) mass is 258 g/mol. The Morgan fingerprint density at radius 3 is 2.79 bits per heavy atom. The van der Waals surface area contributed by atoms with Crippen LogP contribution in [0.4, 0.5) is 0 Å². The molecule has 0 radical (unpaired) electrons. The van der Waals surface area contributed by atoms with Gasteiger partial charge in [-0.3, -0.25) is 4.79 Å². The number of benzene rings is 1. The van der Waals surface area contributed by atoms with Crippen LogP contribution in [0.15, 0.2) is 30.3 Å². The third kappa shape index (κ3) is 2.81. The molecule has 1 unspecified atom stereocenters. The van der Waals surface area contributed by atoms with Gasteiger partial charge >= 0.3 is 0 Å². The van der Waals surface area contributed by atoms with Gasteiger partial charge in [0.2, 0.25) is 5.91 Å². The largest absolute Gasteiger partial charge is 0.338 e. The fourth-order valence-corrected chi connectivity index (χ4v) is 3.32. The Balaban J connectivity index is 1.66. The predicted molar refractivity (Wildman–Crippen MR) is 75.9 cm³/mol. The average Bonchev–Trinajstić information content (AvgIpc) is 3.10. The third-order valence-corrected chi connectivity index (χ3v) is 4.33. The van der Waals surface area contributed by atoms with Crippen molar-refractivity contribution in [3.05, 3.63) is 35.9 Å². The van der Waals surface area contributed by atoms with Gasteiger partial charge in [0.15, 0.2) is 0 Å². The normalized spacial score (nSPS) is 26.8. The van der Waals surface area contributed by atoms with Gasteiger partial charge in [0.25, 0.3) is 0 Å². The van der Waals surface area contributed by atoms with Crippen LogP contribution in [0.3, 0.4) is 0 Å². The van der Waals surface area contributed by atoms with Crippen molar-refractivity contribution in [1.82, 2.24) is 10.2 Å². The van der Waals surface area contributed by atoms with Crippen LogP contribution in [-0.4, -0.2) is 36.0 Å². The summed E-state index contributed by atoms with van der Waals surface area (Å²) in [6, 6.07) is 11.0. The summed E-state index contributed by atoms with van der Waals surface area (Å²) in [5, 5.41) is 3.33. The first-order valence-electron chi connectivity index (χ1n) is 7.42. The molecule has 2 saturated heterocycles. The topological polar surface area (TPSA) is 32.3 Å². The van der Waals surface area contributed by atoms with Crippen LogP contribution in [0, 0.1) is 0 Å². The molecule has 1 aromatic rings. The summed E-state index contributed by atoms with van der Waals surface area (Å²) in [7, 11) is 0. The Bertz CT molecular complexity index is 426. The lowest BCUT2D eigenvalue weighted by Crippen LogP contribution is -2.46. The maximum absolute atomic E-state index is 12.5. The lowest BCUT2D eigenvalue weighted by atomic mass is 10.0. The Kier molecular flexibility index (Phi) is 3.83. The average molecular weight is 258 g/mol. The molecule has 2 aliphatic rings. The zero-order valence-electron chi connectivity index (χ0n) is 11.3. The van der Waals surface area contributed by atoms with E-state index in [9.17, 15) is 4.79 Å². The van der Waals surface area contributed by atoms with Crippen molar-refractivity contribution in [3.63, 3.8) is 0 Å². The minimum absolute atomic E-state index is 0.0800. The van der Waals surface area contributed by atoms with Crippen LogP contribution in [0.2, 0.25) is 0 Å². The van der Waals surface area contributed by atoms with Crippen LogP contribution in [0.5, 0.6) is 0 Å². The molecule has 0 aromatic heterocycles. The zero-order chi connectivity index (χ0) is 13.1. The second kappa shape index (κ2) is 5.74. The number of hydrogen-bond donors (Lipinski definition) is 1. The number of nitrogens with one attached hydrogen (secondary N) is 1. The van der Waals surface area contributed by atoms with Crippen LogP contribution in [0.1, 0.15) is 31.2 Å². The maximum atomic E-state index is 12.5. The van der Waals surface area contributed by atoms with E-state index in [1.54, 1.807) is 0 Å². The van der Waals surface area contributed by atoms with Crippen LogP contribution in [-0.2, 0) is 11.2 Å². The molecule has 2 fully saturated rings. The third-order valence-electron chi connectivity index (χ3n) is 4.33. The van der Waals surface area contributed by atoms with Gasteiger partial charge in [0, 0.05) is 12.6 Å². The number of rotatable bonds is 3. The van der Waals surface area contributed by atoms with Crippen molar-refractivity contribution < 1.29 is 4.79 Å². The van der Waals surface area contributed by atoms with Gasteiger partial charge in [-0.25, -0.2) is 0 Å². The van der Waals surface area contributed by atoms with E-state index in [1.807, 2.05) is 6.07 Å². The number of carbonyl (C=O) groups excluding carboxylic acids is 1. The van der Waals surface area contributed by atoms with Crippen LogP contribution < -0.4 is 5.32 Å². The molecule has 2 aliphatic heterocycles. The molecule has 0 bridgehead atoms. The summed E-state index contributed by atoms with van der Waals surface area (Å²) in [5.41, 5.74) is 1.34. The van der Waals surface area contributed by atoms with Gasteiger partial charge in [0.1, 0.15) is 0 Å². The Labute approximate surface area is 115 Å². The van der Waals surface area contributed by atoms with E-state index in [2.05, 4.69) is 34.5 Å². The van der Waals surface area contributed by atoms with E-state index in [0.717, 1.165) is 45.2 Å². The number of hydrogen-bond acceptors (Lipinski definition) is 2. The van der Waals surface area contributed by atoms with Crippen molar-refractivity contribution in [2.45, 2.75) is 44.2 Å². The number of carbonyl (C=O) groups is 1. The maximum Gasteiger partial charge on any atom is 0.239 e. The second-order valence-electron chi connectivity index (χ2n) is 5.67. The van der Waals surface area contributed by atoms with Gasteiger partial charge in [-0.1, -0.05) is 30.3 Å². The highest BCUT2D eigenvalue weighted by atomic mass is 16.2. The standard InChI is InChI=1S/C16H22N2O/c19-16(15-9-4-10-17-15)18-11-5-8-14(18)12-13-6-2-1-3-7-13/h1-3,6-7,14-15,17H,4-5,8-12H2/t14?,15-/m0/s1. The smallest absolute Gasteiger partial charge is 0.239 e. The molecule has 0 saturated carbocycles. The summed E-state index contributed by atoms with van der Waals surface area (Å²) < 4.78 is 0. The summed E-state index contributed by atoms with van der Waals surface area (Å²) in [5.74, 6) is 0.330. The molecule has 2 atom stereocenters. The van der Waals surface area contributed by atoms with Crippen molar-refractivity contribution in [2.75, 3.05) is 13.1 Å². The molecule has 1 amide bonds. The highest BCUT2D eigenvalue weighted by molar-refractivity contribution is 5.82. The SMILES string of the molecule is O=C([C@@H]1CCCN1)N1CCCC1Cc1ccccc1. The number of likely N-dealkylation sites (tertiary alicyclic amines) is 1. The molecule has 3 heteroatoms. The van der Waals surface area contributed by atoms with Gasteiger partial charge in [-0.05, 0) is 44.2 Å². The molecule has 0 aliphatic carbocycles. The first kappa shape index (κ1) is 12.7. The fourth-order valence-electron chi connectivity index (χ4n) is 3.32. The lowest BCUT2D eigenvalue weighted by Gasteiger charge is -2.27. The quantitative estimate of drug-likeness (QED) is 0.899. The molecule has 1 N–H and O–H groups in total. The second-order valence-corrected chi connectivity index (χ2v) is 5.67. The fraction of sp³-hybridized carbons (Fsp3) is 0.562. The summed E-state index contributed by atoms with van der Waals surface area (Å²) in [4.78, 5) is 14.6. The van der Waals surface area contributed by atoms with E-state index in [1.165, 1.54) is 5.56 Å². The van der Waals surface area contributed by atoms with Crippen LogP contribution >= 0.6 is 0 Å².